The molecule has 0 aliphatic rings. The molecule has 88 valence electrons. The van der Waals surface area contributed by atoms with Gasteiger partial charge >= 0.3 is 0 Å². The number of nitro groups is 1. The number of rotatable bonds is 6. The van der Waals surface area contributed by atoms with Crippen molar-refractivity contribution >= 4 is 5.69 Å². The molecule has 0 aliphatic heterocycles. The maximum absolute atomic E-state index is 10.7. The highest BCUT2D eigenvalue weighted by atomic mass is 16.6. The summed E-state index contributed by atoms with van der Waals surface area (Å²) in [6.45, 7) is 2.12. The molecule has 0 spiro atoms. The van der Waals surface area contributed by atoms with Crippen molar-refractivity contribution in [2.24, 2.45) is 0 Å². The Morgan fingerprint density at radius 1 is 1.31 bits per heavy atom. The van der Waals surface area contributed by atoms with Crippen LogP contribution >= 0.6 is 0 Å². The second kappa shape index (κ2) is 6.10. The molecule has 1 aromatic rings. The molecule has 0 atom stereocenters. The van der Waals surface area contributed by atoms with Crippen LogP contribution in [-0.4, -0.2) is 10.0 Å². The predicted octanol–water partition coefficient (Wildman–Crippen LogP) is 3.42. The quantitative estimate of drug-likeness (QED) is 0.456. The van der Waals surface area contributed by atoms with E-state index in [0.717, 1.165) is 25.7 Å². The van der Waals surface area contributed by atoms with Crippen molar-refractivity contribution in [2.75, 3.05) is 0 Å². The van der Waals surface area contributed by atoms with E-state index in [0.29, 0.717) is 12.0 Å². The minimum Gasteiger partial charge on any atom is -0.508 e. The third kappa shape index (κ3) is 3.53. The van der Waals surface area contributed by atoms with Gasteiger partial charge in [0.15, 0.2) is 0 Å². The molecule has 0 aliphatic carbocycles. The van der Waals surface area contributed by atoms with Gasteiger partial charge in [-0.15, -0.1) is 0 Å². The Labute approximate surface area is 95.1 Å². The van der Waals surface area contributed by atoms with Gasteiger partial charge in [0.1, 0.15) is 5.75 Å². The van der Waals surface area contributed by atoms with Crippen LogP contribution in [0.4, 0.5) is 5.69 Å². The molecule has 0 unspecified atom stereocenters. The number of unbranched alkanes of at least 4 members (excludes halogenated alkanes) is 3. The maximum atomic E-state index is 10.7. The molecule has 4 heteroatoms. The van der Waals surface area contributed by atoms with Crippen molar-refractivity contribution in [3.05, 3.63) is 33.9 Å². The molecule has 1 N–H and O–H groups in total. The second-order valence-electron chi connectivity index (χ2n) is 3.88. The molecule has 1 rings (SSSR count). The zero-order valence-electron chi connectivity index (χ0n) is 9.48. The van der Waals surface area contributed by atoms with Crippen LogP contribution in [0.25, 0.3) is 0 Å². The summed E-state index contributed by atoms with van der Waals surface area (Å²) >= 11 is 0. The van der Waals surface area contributed by atoms with Crippen LogP contribution in [0.3, 0.4) is 0 Å². The SMILES string of the molecule is CCCCCCc1cc(O)ccc1[N+](=O)[O-]. The lowest BCUT2D eigenvalue weighted by atomic mass is 10.0. The van der Waals surface area contributed by atoms with E-state index < -0.39 is 4.92 Å². The fourth-order valence-corrected chi connectivity index (χ4v) is 1.69. The molecule has 0 heterocycles. The number of phenols is 1. The van der Waals surface area contributed by atoms with E-state index in [2.05, 4.69) is 6.92 Å². The van der Waals surface area contributed by atoms with Gasteiger partial charge in [-0.1, -0.05) is 26.2 Å². The first kappa shape index (κ1) is 12.5. The van der Waals surface area contributed by atoms with E-state index in [1.807, 2.05) is 0 Å². The van der Waals surface area contributed by atoms with E-state index in [-0.39, 0.29) is 11.4 Å². The summed E-state index contributed by atoms with van der Waals surface area (Å²) < 4.78 is 0. The monoisotopic (exact) mass is 223 g/mol. The van der Waals surface area contributed by atoms with E-state index in [1.54, 1.807) is 0 Å². The molecular formula is C12H17NO3. The van der Waals surface area contributed by atoms with Gasteiger partial charge in [-0.3, -0.25) is 10.1 Å². The predicted molar refractivity (Wildman–Crippen MR) is 62.6 cm³/mol. The lowest BCUT2D eigenvalue weighted by molar-refractivity contribution is -0.385. The van der Waals surface area contributed by atoms with Gasteiger partial charge in [-0.2, -0.15) is 0 Å². The zero-order chi connectivity index (χ0) is 12.0. The zero-order valence-corrected chi connectivity index (χ0v) is 9.48. The second-order valence-corrected chi connectivity index (χ2v) is 3.88. The van der Waals surface area contributed by atoms with Crippen LogP contribution in [0.15, 0.2) is 18.2 Å². The molecule has 0 radical (unpaired) electrons. The van der Waals surface area contributed by atoms with Crippen molar-refractivity contribution in [1.29, 1.82) is 0 Å². The molecule has 4 nitrogen and oxygen atoms in total. The van der Waals surface area contributed by atoms with Crippen LogP contribution in [0, 0.1) is 10.1 Å². The van der Waals surface area contributed by atoms with Crippen LogP contribution in [-0.2, 0) is 6.42 Å². The van der Waals surface area contributed by atoms with Gasteiger partial charge in [0, 0.05) is 11.6 Å². The van der Waals surface area contributed by atoms with E-state index in [4.69, 9.17) is 0 Å². The first-order valence-electron chi connectivity index (χ1n) is 5.61. The Balaban J connectivity index is 2.68. The number of hydrogen-bond donors (Lipinski definition) is 1. The number of benzene rings is 1. The van der Waals surface area contributed by atoms with Crippen LogP contribution < -0.4 is 0 Å². The van der Waals surface area contributed by atoms with Crippen molar-refractivity contribution in [1.82, 2.24) is 0 Å². The number of nitro benzene ring substituents is 1. The maximum Gasteiger partial charge on any atom is 0.272 e. The molecule has 0 saturated heterocycles. The van der Waals surface area contributed by atoms with Crippen LogP contribution in [0.1, 0.15) is 38.2 Å². The van der Waals surface area contributed by atoms with E-state index in [9.17, 15) is 15.2 Å². The summed E-state index contributed by atoms with van der Waals surface area (Å²) in [5, 5.41) is 20.0. The van der Waals surface area contributed by atoms with Gasteiger partial charge in [0.2, 0.25) is 0 Å². The topological polar surface area (TPSA) is 63.4 Å². The average Bonchev–Trinajstić information content (AvgIpc) is 2.24. The van der Waals surface area contributed by atoms with Crippen molar-refractivity contribution in [3.8, 4) is 5.75 Å². The molecule has 0 saturated carbocycles. The molecule has 16 heavy (non-hydrogen) atoms. The molecule has 0 bridgehead atoms. The van der Waals surface area contributed by atoms with Crippen molar-refractivity contribution in [3.63, 3.8) is 0 Å². The summed E-state index contributed by atoms with van der Waals surface area (Å²) in [7, 11) is 0. The Morgan fingerprint density at radius 2 is 2.06 bits per heavy atom. The van der Waals surface area contributed by atoms with Gasteiger partial charge in [0.05, 0.1) is 4.92 Å². The lowest BCUT2D eigenvalue weighted by Crippen LogP contribution is -1.95. The van der Waals surface area contributed by atoms with Crippen molar-refractivity contribution < 1.29 is 10.0 Å². The normalized spacial score (nSPS) is 10.3. The number of hydrogen-bond acceptors (Lipinski definition) is 3. The number of aromatic hydroxyl groups is 1. The first-order chi connectivity index (χ1) is 7.65. The van der Waals surface area contributed by atoms with Gasteiger partial charge in [0.25, 0.3) is 5.69 Å². The first-order valence-corrected chi connectivity index (χ1v) is 5.61. The minimum absolute atomic E-state index is 0.0936. The van der Waals surface area contributed by atoms with Gasteiger partial charge < -0.3 is 5.11 Å². The summed E-state index contributed by atoms with van der Waals surface area (Å²) in [4.78, 5) is 10.4. The van der Waals surface area contributed by atoms with Crippen LogP contribution in [0.5, 0.6) is 5.75 Å². The summed E-state index contributed by atoms with van der Waals surface area (Å²) in [6.07, 6.45) is 4.95. The summed E-state index contributed by atoms with van der Waals surface area (Å²) in [5.74, 6) is 0.0936. The highest BCUT2D eigenvalue weighted by molar-refractivity contribution is 5.44. The Bertz CT molecular complexity index is 363. The highest BCUT2D eigenvalue weighted by Gasteiger charge is 2.13. The fraction of sp³-hybridized carbons (Fsp3) is 0.500. The fourth-order valence-electron chi connectivity index (χ4n) is 1.69. The molecule has 1 aromatic carbocycles. The lowest BCUT2D eigenvalue weighted by Gasteiger charge is -2.03. The summed E-state index contributed by atoms with van der Waals surface area (Å²) in [5.41, 5.74) is 0.732. The largest absolute Gasteiger partial charge is 0.508 e. The third-order valence-corrected chi connectivity index (χ3v) is 2.56. The highest BCUT2D eigenvalue weighted by Crippen LogP contribution is 2.24. The number of phenolic OH excluding ortho intramolecular Hbond substituents is 1. The smallest absolute Gasteiger partial charge is 0.272 e. The Kier molecular flexibility index (Phi) is 4.76. The third-order valence-electron chi connectivity index (χ3n) is 2.56. The summed E-state index contributed by atoms with van der Waals surface area (Å²) in [6, 6.07) is 4.21. The standard InChI is InChI=1S/C12H17NO3/c1-2-3-4-5-6-10-9-11(14)7-8-12(10)13(15)16/h7-9,14H,2-6H2,1H3. The molecule has 0 aromatic heterocycles. The van der Waals surface area contributed by atoms with Crippen LogP contribution in [0.2, 0.25) is 0 Å². The number of aryl methyl sites for hydroxylation is 1. The van der Waals surface area contributed by atoms with E-state index in [1.165, 1.54) is 18.2 Å². The Hall–Kier alpha value is -1.58. The van der Waals surface area contributed by atoms with Gasteiger partial charge in [-0.05, 0) is 25.0 Å². The number of nitrogens with zero attached hydrogens (tertiary/aromatic N) is 1. The molecular weight excluding hydrogens is 206 g/mol. The van der Waals surface area contributed by atoms with Crippen molar-refractivity contribution in [2.45, 2.75) is 39.0 Å². The Morgan fingerprint density at radius 3 is 2.69 bits per heavy atom. The average molecular weight is 223 g/mol. The van der Waals surface area contributed by atoms with Gasteiger partial charge in [-0.25, -0.2) is 0 Å². The minimum atomic E-state index is -0.394. The molecule has 0 fully saturated rings. The molecule has 0 amide bonds. The van der Waals surface area contributed by atoms with E-state index >= 15 is 0 Å².